The van der Waals surface area contributed by atoms with E-state index < -0.39 is 21.4 Å². The number of hydrogen-bond acceptors (Lipinski definition) is 5. The topological polar surface area (TPSA) is 84.9 Å². The molecule has 28 heavy (non-hydrogen) atoms. The summed E-state index contributed by atoms with van der Waals surface area (Å²) in [5.74, 6) is -0.787. The third-order valence-corrected chi connectivity index (χ3v) is 7.36. The molecule has 2 fully saturated rings. The number of carbonyl (C=O) groups is 1. The first kappa shape index (κ1) is 21.2. The maximum atomic E-state index is 13.5. The van der Waals surface area contributed by atoms with E-state index in [4.69, 9.17) is 9.47 Å². The minimum atomic E-state index is -3.84. The van der Waals surface area contributed by atoms with Crippen LogP contribution in [-0.2, 0) is 24.3 Å². The summed E-state index contributed by atoms with van der Waals surface area (Å²) in [6.07, 6.45) is 2.32. The highest BCUT2D eigenvalue weighted by atomic mass is 32.2. The van der Waals surface area contributed by atoms with Gasteiger partial charge in [0, 0.05) is 45.9 Å². The molecule has 1 unspecified atom stereocenters. The maximum Gasteiger partial charge on any atom is 0.243 e. The van der Waals surface area contributed by atoms with Crippen molar-refractivity contribution in [3.8, 4) is 0 Å². The lowest BCUT2D eigenvalue weighted by Gasteiger charge is -2.33. The summed E-state index contributed by atoms with van der Waals surface area (Å²) in [5, 5.41) is 3.11. The molecule has 1 amide bonds. The number of benzene rings is 1. The van der Waals surface area contributed by atoms with Crippen molar-refractivity contribution >= 4 is 15.9 Å². The van der Waals surface area contributed by atoms with Gasteiger partial charge >= 0.3 is 0 Å². The zero-order valence-electron chi connectivity index (χ0n) is 16.0. The van der Waals surface area contributed by atoms with E-state index in [1.807, 2.05) is 0 Å². The van der Waals surface area contributed by atoms with E-state index in [0.717, 1.165) is 6.07 Å². The van der Waals surface area contributed by atoms with Gasteiger partial charge in [-0.2, -0.15) is 4.31 Å². The lowest BCUT2D eigenvalue weighted by atomic mass is 9.91. The van der Waals surface area contributed by atoms with Gasteiger partial charge in [0.1, 0.15) is 5.82 Å². The van der Waals surface area contributed by atoms with E-state index in [-0.39, 0.29) is 29.8 Å². The van der Waals surface area contributed by atoms with Crippen LogP contribution in [0.15, 0.2) is 29.2 Å². The Kier molecular flexibility index (Phi) is 6.69. The SMILES string of the molecule is COCCC1(NC(=O)C2CCOCC2)CCN(S(=O)(=O)c2cccc(F)c2)C1. The zero-order chi connectivity index (χ0) is 20.2. The lowest BCUT2D eigenvalue weighted by molar-refractivity contribution is -0.130. The second kappa shape index (κ2) is 8.86. The third-order valence-electron chi connectivity index (χ3n) is 5.52. The Morgan fingerprint density at radius 3 is 2.82 bits per heavy atom. The van der Waals surface area contributed by atoms with Crippen LogP contribution in [0.3, 0.4) is 0 Å². The number of ether oxygens (including phenoxy) is 2. The molecular formula is C19H27FN2O5S. The van der Waals surface area contributed by atoms with E-state index in [1.54, 1.807) is 7.11 Å². The average Bonchev–Trinajstić information content (AvgIpc) is 3.12. The summed E-state index contributed by atoms with van der Waals surface area (Å²) >= 11 is 0. The minimum Gasteiger partial charge on any atom is -0.385 e. The Labute approximate surface area is 165 Å². The van der Waals surface area contributed by atoms with Crippen LogP contribution >= 0.6 is 0 Å². The van der Waals surface area contributed by atoms with Crippen molar-refractivity contribution < 1.29 is 27.1 Å². The van der Waals surface area contributed by atoms with E-state index >= 15 is 0 Å². The van der Waals surface area contributed by atoms with Crippen molar-refractivity contribution in [2.75, 3.05) is 40.0 Å². The number of carbonyl (C=O) groups excluding carboxylic acids is 1. The molecule has 156 valence electrons. The minimum absolute atomic E-state index is 0.0654. The summed E-state index contributed by atoms with van der Waals surface area (Å²) < 4.78 is 51.2. The zero-order valence-corrected chi connectivity index (χ0v) is 16.8. The quantitative estimate of drug-likeness (QED) is 0.732. The van der Waals surface area contributed by atoms with E-state index in [0.29, 0.717) is 45.5 Å². The van der Waals surface area contributed by atoms with Crippen molar-refractivity contribution in [1.82, 2.24) is 9.62 Å². The highest BCUT2D eigenvalue weighted by Crippen LogP contribution is 2.31. The molecule has 0 aliphatic carbocycles. The smallest absolute Gasteiger partial charge is 0.243 e. The second-order valence-corrected chi connectivity index (χ2v) is 9.38. The van der Waals surface area contributed by atoms with Crippen LogP contribution in [0.4, 0.5) is 4.39 Å². The first-order chi connectivity index (χ1) is 13.4. The molecule has 0 radical (unpaired) electrons. The third kappa shape index (κ3) is 4.71. The highest BCUT2D eigenvalue weighted by Gasteiger charge is 2.44. The number of rotatable bonds is 7. The fraction of sp³-hybridized carbons (Fsp3) is 0.632. The number of halogens is 1. The molecule has 2 saturated heterocycles. The van der Waals surface area contributed by atoms with Crippen molar-refractivity contribution in [2.45, 2.75) is 36.1 Å². The summed E-state index contributed by atoms with van der Waals surface area (Å²) in [6.45, 7) is 1.93. The first-order valence-corrected chi connectivity index (χ1v) is 10.9. The van der Waals surface area contributed by atoms with Crippen LogP contribution in [0.25, 0.3) is 0 Å². The summed E-state index contributed by atoms with van der Waals surface area (Å²) in [5.41, 5.74) is -0.689. The van der Waals surface area contributed by atoms with Crippen LogP contribution in [-0.4, -0.2) is 64.2 Å². The molecule has 1 atom stereocenters. The van der Waals surface area contributed by atoms with Gasteiger partial charge in [0.05, 0.1) is 10.4 Å². The summed E-state index contributed by atoms with van der Waals surface area (Å²) in [4.78, 5) is 12.7. The molecule has 0 spiro atoms. The number of nitrogens with zero attached hydrogens (tertiary/aromatic N) is 1. The van der Waals surface area contributed by atoms with Crippen LogP contribution < -0.4 is 5.32 Å². The van der Waals surface area contributed by atoms with Crippen LogP contribution in [0, 0.1) is 11.7 Å². The van der Waals surface area contributed by atoms with Gasteiger partial charge < -0.3 is 14.8 Å². The van der Waals surface area contributed by atoms with E-state index in [1.165, 1.54) is 22.5 Å². The molecule has 0 aromatic heterocycles. The number of hydrogen-bond donors (Lipinski definition) is 1. The molecule has 7 nitrogen and oxygen atoms in total. The van der Waals surface area contributed by atoms with Crippen molar-refractivity contribution in [1.29, 1.82) is 0 Å². The fourth-order valence-electron chi connectivity index (χ4n) is 3.81. The largest absolute Gasteiger partial charge is 0.385 e. The fourth-order valence-corrected chi connectivity index (χ4v) is 5.36. The van der Waals surface area contributed by atoms with Gasteiger partial charge in [-0.15, -0.1) is 0 Å². The van der Waals surface area contributed by atoms with Gasteiger partial charge in [0.15, 0.2) is 0 Å². The Balaban J connectivity index is 1.76. The number of sulfonamides is 1. The molecule has 2 heterocycles. The molecule has 2 aliphatic rings. The number of methoxy groups -OCH3 is 1. The predicted octanol–water partition coefficient (Wildman–Crippen LogP) is 1.54. The van der Waals surface area contributed by atoms with Gasteiger partial charge in [-0.25, -0.2) is 12.8 Å². The molecule has 3 rings (SSSR count). The molecule has 1 aromatic rings. The van der Waals surface area contributed by atoms with Gasteiger partial charge in [-0.1, -0.05) is 6.07 Å². The molecule has 9 heteroatoms. The molecule has 0 bridgehead atoms. The van der Waals surface area contributed by atoms with Gasteiger partial charge in [-0.05, 0) is 43.9 Å². The first-order valence-electron chi connectivity index (χ1n) is 9.51. The summed E-state index contributed by atoms with van der Waals surface area (Å²) in [7, 11) is -2.26. The molecule has 1 aromatic carbocycles. The van der Waals surface area contributed by atoms with Gasteiger partial charge in [0.2, 0.25) is 15.9 Å². The maximum absolute atomic E-state index is 13.5. The molecular weight excluding hydrogens is 387 g/mol. The summed E-state index contributed by atoms with van der Waals surface area (Å²) in [6, 6.07) is 4.99. The van der Waals surface area contributed by atoms with E-state index in [9.17, 15) is 17.6 Å². The number of nitrogens with one attached hydrogen (secondary N) is 1. The lowest BCUT2D eigenvalue weighted by Crippen LogP contribution is -2.53. The predicted molar refractivity (Wildman–Crippen MR) is 101 cm³/mol. The Bertz CT molecular complexity index is 797. The van der Waals surface area contributed by atoms with Crippen LogP contribution in [0.1, 0.15) is 25.7 Å². The average molecular weight is 414 g/mol. The Hall–Kier alpha value is -1.55. The Morgan fingerprint density at radius 1 is 1.39 bits per heavy atom. The monoisotopic (exact) mass is 414 g/mol. The standard InChI is InChI=1S/C19H27FN2O5S/c1-26-12-8-19(21-18(23)15-5-10-27-11-6-15)7-9-22(14-19)28(24,25)17-4-2-3-16(20)13-17/h2-4,13,15H,5-12,14H2,1H3,(H,21,23). The normalized spacial score (nSPS) is 24.4. The molecule has 0 saturated carbocycles. The van der Waals surface area contributed by atoms with Crippen molar-refractivity contribution in [3.63, 3.8) is 0 Å². The second-order valence-electron chi connectivity index (χ2n) is 7.44. The van der Waals surface area contributed by atoms with Crippen molar-refractivity contribution in [3.05, 3.63) is 30.1 Å². The van der Waals surface area contributed by atoms with Gasteiger partial charge in [-0.3, -0.25) is 4.79 Å². The van der Waals surface area contributed by atoms with Crippen molar-refractivity contribution in [2.24, 2.45) is 5.92 Å². The van der Waals surface area contributed by atoms with Gasteiger partial charge in [0.25, 0.3) is 0 Å². The Morgan fingerprint density at radius 2 is 2.14 bits per heavy atom. The molecule has 1 N–H and O–H groups in total. The molecule has 2 aliphatic heterocycles. The van der Waals surface area contributed by atoms with E-state index in [2.05, 4.69) is 5.32 Å². The van der Waals surface area contributed by atoms with Crippen LogP contribution in [0.2, 0.25) is 0 Å². The number of amides is 1. The highest BCUT2D eigenvalue weighted by molar-refractivity contribution is 7.89. The van der Waals surface area contributed by atoms with Crippen LogP contribution in [0.5, 0.6) is 0 Å².